The molecule has 2 N–H and O–H groups in total. The number of aliphatic hydroxyl groups is 1. The summed E-state index contributed by atoms with van der Waals surface area (Å²) in [6.07, 6.45) is 1.90. The van der Waals surface area contributed by atoms with Gasteiger partial charge in [-0.3, -0.25) is 0 Å². The van der Waals surface area contributed by atoms with Gasteiger partial charge in [0.2, 0.25) is 0 Å². The molecule has 0 aliphatic carbocycles. The molecule has 1 unspecified atom stereocenters. The molecule has 0 saturated heterocycles. The van der Waals surface area contributed by atoms with Gasteiger partial charge < -0.3 is 15.2 Å². The average Bonchev–Trinajstić information content (AvgIpc) is 2.02. The number of hydrogen-bond donors (Lipinski definition) is 2. The molecule has 0 radical (unpaired) electrons. The van der Waals surface area contributed by atoms with Crippen molar-refractivity contribution >= 4 is 0 Å². The van der Waals surface area contributed by atoms with Gasteiger partial charge in [-0.25, -0.2) is 0 Å². The van der Waals surface area contributed by atoms with E-state index in [0.29, 0.717) is 12.0 Å². The average molecular weight is 203 g/mol. The quantitative estimate of drug-likeness (QED) is 0.657. The lowest BCUT2D eigenvalue weighted by molar-refractivity contribution is 0.146. The lowest BCUT2D eigenvalue weighted by Crippen LogP contribution is -2.36. The number of methoxy groups -OCH3 is 1. The largest absolute Gasteiger partial charge is 0.396 e. The maximum absolute atomic E-state index is 8.83. The first-order valence-corrected chi connectivity index (χ1v) is 5.33. The zero-order valence-corrected chi connectivity index (χ0v) is 9.97. The van der Waals surface area contributed by atoms with Crippen molar-refractivity contribution in [2.45, 2.75) is 39.7 Å². The van der Waals surface area contributed by atoms with Crippen LogP contribution in [0.25, 0.3) is 0 Å². The molecular weight excluding hydrogens is 178 g/mol. The van der Waals surface area contributed by atoms with Crippen LogP contribution >= 0.6 is 0 Å². The van der Waals surface area contributed by atoms with Crippen LogP contribution in [-0.2, 0) is 4.74 Å². The van der Waals surface area contributed by atoms with Gasteiger partial charge in [-0.15, -0.1) is 0 Å². The topological polar surface area (TPSA) is 41.5 Å². The standard InChI is InChI=1S/C11H25NO2/c1-11(2,3)6-7-12-10(5-8-13)9-14-4/h10,12-13H,5-9H2,1-4H3. The summed E-state index contributed by atoms with van der Waals surface area (Å²) in [7, 11) is 1.69. The van der Waals surface area contributed by atoms with E-state index in [9.17, 15) is 0 Å². The minimum Gasteiger partial charge on any atom is -0.396 e. The summed E-state index contributed by atoms with van der Waals surface area (Å²) in [5, 5.41) is 12.2. The van der Waals surface area contributed by atoms with Gasteiger partial charge in [-0.05, 0) is 24.8 Å². The minimum atomic E-state index is 0.219. The molecule has 0 saturated carbocycles. The molecule has 0 aromatic carbocycles. The zero-order valence-electron chi connectivity index (χ0n) is 9.97. The van der Waals surface area contributed by atoms with Crippen LogP contribution in [0.1, 0.15) is 33.6 Å². The molecule has 0 aromatic heterocycles. The van der Waals surface area contributed by atoms with Crippen molar-refractivity contribution in [1.29, 1.82) is 0 Å². The van der Waals surface area contributed by atoms with Gasteiger partial charge in [0, 0.05) is 19.8 Å². The normalized spacial score (nSPS) is 14.4. The highest BCUT2D eigenvalue weighted by molar-refractivity contribution is 4.69. The van der Waals surface area contributed by atoms with Crippen molar-refractivity contribution in [3.8, 4) is 0 Å². The summed E-state index contributed by atoms with van der Waals surface area (Å²) in [5.41, 5.74) is 0.365. The van der Waals surface area contributed by atoms with Crippen LogP contribution in [0.3, 0.4) is 0 Å². The third kappa shape index (κ3) is 8.48. The fourth-order valence-corrected chi connectivity index (χ4v) is 1.25. The lowest BCUT2D eigenvalue weighted by atomic mass is 9.92. The Morgan fingerprint density at radius 2 is 2.00 bits per heavy atom. The summed E-state index contributed by atoms with van der Waals surface area (Å²) < 4.78 is 5.07. The van der Waals surface area contributed by atoms with Gasteiger partial charge >= 0.3 is 0 Å². The second-order valence-electron chi connectivity index (χ2n) is 4.93. The second kappa shape index (κ2) is 7.21. The maximum atomic E-state index is 8.83. The third-order valence-corrected chi connectivity index (χ3v) is 2.15. The Balaban J connectivity index is 3.60. The Bertz CT molecular complexity index is 126. The van der Waals surface area contributed by atoms with Crippen molar-refractivity contribution in [3.05, 3.63) is 0 Å². The van der Waals surface area contributed by atoms with Crippen molar-refractivity contribution in [2.75, 3.05) is 26.9 Å². The molecule has 0 rings (SSSR count). The monoisotopic (exact) mass is 203 g/mol. The number of ether oxygens (including phenoxy) is 1. The molecule has 0 aromatic rings. The molecule has 3 heteroatoms. The molecule has 0 bridgehead atoms. The smallest absolute Gasteiger partial charge is 0.0616 e. The van der Waals surface area contributed by atoms with E-state index in [-0.39, 0.29) is 12.6 Å². The lowest BCUT2D eigenvalue weighted by Gasteiger charge is -2.22. The van der Waals surface area contributed by atoms with Gasteiger partial charge in [0.1, 0.15) is 0 Å². The highest BCUT2D eigenvalue weighted by Crippen LogP contribution is 2.17. The maximum Gasteiger partial charge on any atom is 0.0616 e. The van der Waals surface area contributed by atoms with E-state index in [1.165, 1.54) is 0 Å². The van der Waals surface area contributed by atoms with E-state index in [0.717, 1.165) is 19.4 Å². The minimum absolute atomic E-state index is 0.219. The molecule has 0 aliphatic heterocycles. The Kier molecular flexibility index (Phi) is 7.15. The molecule has 0 spiro atoms. The van der Waals surface area contributed by atoms with E-state index in [1.807, 2.05) is 0 Å². The van der Waals surface area contributed by atoms with Crippen molar-refractivity contribution in [1.82, 2.24) is 5.32 Å². The zero-order chi connectivity index (χ0) is 11.0. The number of hydrogen-bond acceptors (Lipinski definition) is 3. The van der Waals surface area contributed by atoms with Gasteiger partial charge in [0.15, 0.2) is 0 Å². The van der Waals surface area contributed by atoms with Crippen LogP contribution < -0.4 is 5.32 Å². The molecule has 0 aliphatic rings. The Morgan fingerprint density at radius 1 is 1.36 bits per heavy atom. The fourth-order valence-electron chi connectivity index (χ4n) is 1.25. The first kappa shape index (κ1) is 13.9. The predicted octanol–water partition coefficient (Wildman–Crippen LogP) is 1.41. The summed E-state index contributed by atoms with van der Waals surface area (Å²) in [6.45, 7) is 8.56. The van der Waals surface area contributed by atoms with Gasteiger partial charge in [0.05, 0.1) is 6.61 Å². The summed E-state index contributed by atoms with van der Waals surface area (Å²) >= 11 is 0. The van der Waals surface area contributed by atoms with Crippen molar-refractivity contribution in [3.63, 3.8) is 0 Å². The molecule has 1 atom stereocenters. The van der Waals surface area contributed by atoms with Crippen LogP contribution in [0.15, 0.2) is 0 Å². The number of nitrogens with one attached hydrogen (secondary N) is 1. The van der Waals surface area contributed by atoms with Gasteiger partial charge in [0.25, 0.3) is 0 Å². The molecule has 3 nitrogen and oxygen atoms in total. The summed E-state index contributed by atoms with van der Waals surface area (Å²) in [5.74, 6) is 0. The van der Waals surface area contributed by atoms with Crippen LogP contribution in [0, 0.1) is 5.41 Å². The molecule has 0 amide bonds. The van der Waals surface area contributed by atoms with Gasteiger partial charge in [-0.1, -0.05) is 20.8 Å². The van der Waals surface area contributed by atoms with E-state index < -0.39 is 0 Å². The van der Waals surface area contributed by atoms with Crippen molar-refractivity contribution in [2.24, 2.45) is 5.41 Å². The predicted molar refractivity (Wildman–Crippen MR) is 59.4 cm³/mol. The number of rotatable bonds is 7. The highest BCUT2D eigenvalue weighted by Gasteiger charge is 2.11. The molecular formula is C11H25NO2. The van der Waals surface area contributed by atoms with E-state index in [4.69, 9.17) is 9.84 Å². The van der Waals surface area contributed by atoms with E-state index in [2.05, 4.69) is 26.1 Å². The Hall–Kier alpha value is -0.120. The highest BCUT2D eigenvalue weighted by atomic mass is 16.5. The molecule has 86 valence electrons. The summed E-state index contributed by atoms with van der Waals surface area (Å²) in [6, 6.07) is 0.285. The van der Waals surface area contributed by atoms with E-state index >= 15 is 0 Å². The first-order valence-electron chi connectivity index (χ1n) is 5.33. The van der Waals surface area contributed by atoms with Crippen LogP contribution in [0.5, 0.6) is 0 Å². The molecule has 14 heavy (non-hydrogen) atoms. The van der Waals surface area contributed by atoms with Gasteiger partial charge in [-0.2, -0.15) is 0 Å². The second-order valence-corrected chi connectivity index (χ2v) is 4.93. The first-order chi connectivity index (χ1) is 6.49. The SMILES string of the molecule is COCC(CCO)NCCC(C)(C)C. The van der Waals surface area contributed by atoms with Crippen LogP contribution in [0.4, 0.5) is 0 Å². The molecule has 0 heterocycles. The van der Waals surface area contributed by atoms with Crippen LogP contribution in [0.2, 0.25) is 0 Å². The number of aliphatic hydroxyl groups excluding tert-OH is 1. The Labute approximate surface area is 87.8 Å². The van der Waals surface area contributed by atoms with Crippen LogP contribution in [-0.4, -0.2) is 38.0 Å². The van der Waals surface area contributed by atoms with E-state index in [1.54, 1.807) is 7.11 Å². The molecule has 0 fully saturated rings. The Morgan fingerprint density at radius 3 is 2.43 bits per heavy atom. The third-order valence-electron chi connectivity index (χ3n) is 2.15. The fraction of sp³-hybridized carbons (Fsp3) is 1.00. The summed E-state index contributed by atoms with van der Waals surface area (Å²) in [4.78, 5) is 0. The van der Waals surface area contributed by atoms with Crippen molar-refractivity contribution < 1.29 is 9.84 Å².